The molecule has 3 aromatic carbocycles. The number of anilines is 2. The molecule has 234 valence electrons. The van der Waals surface area contributed by atoms with Crippen LogP contribution in [0, 0.1) is 12.7 Å². The van der Waals surface area contributed by atoms with Gasteiger partial charge in [-0.25, -0.2) is 9.07 Å². The predicted molar refractivity (Wildman–Crippen MR) is 170 cm³/mol. The first-order valence-electron chi connectivity index (χ1n) is 14.6. The lowest BCUT2D eigenvalue weighted by molar-refractivity contribution is -0.139. The summed E-state index contributed by atoms with van der Waals surface area (Å²) in [7, 11) is -2.88. The van der Waals surface area contributed by atoms with Crippen molar-refractivity contribution in [1.29, 1.82) is 0 Å². The van der Waals surface area contributed by atoms with Crippen molar-refractivity contribution < 1.29 is 22.0 Å². The molecular weight excluding hydrogens is 598 g/mol. The molecule has 45 heavy (non-hydrogen) atoms. The Morgan fingerprint density at radius 1 is 0.889 bits per heavy atom. The molecule has 0 saturated carbocycles. The van der Waals surface area contributed by atoms with Crippen molar-refractivity contribution in [2.45, 2.75) is 58.4 Å². The summed E-state index contributed by atoms with van der Waals surface area (Å²) >= 11 is 0. The summed E-state index contributed by atoms with van der Waals surface area (Å²) < 4.78 is 63.0. The number of benzene rings is 3. The van der Waals surface area contributed by atoms with Crippen LogP contribution in [-0.2, 0) is 17.0 Å². The zero-order chi connectivity index (χ0) is 32.4. The minimum atomic E-state index is -4.85. The second-order valence-corrected chi connectivity index (χ2v) is 16.3. The standard InChI is InChI=1S/C34H35F4N5OSi/c1-23-20-26(18-19-39-23)43-31(41-32(42-43)40-25-16-17-30(35)29(22-25)34(36,37)38)21-24(2)44-45(33(3,4)5,27-12-8-6-9-13-27)28-14-10-7-11-15-28/h6-20,22,24H,21H2,1-5H3,(H,40,42). The third kappa shape index (κ3) is 6.84. The minimum absolute atomic E-state index is 0.00921. The molecule has 5 aromatic rings. The Bertz CT molecular complexity index is 1710. The predicted octanol–water partition coefficient (Wildman–Crippen LogP) is 7.38. The number of rotatable bonds is 9. The summed E-state index contributed by atoms with van der Waals surface area (Å²) in [4.78, 5) is 8.96. The molecule has 0 fully saturated rings. The number of nitrogens with one attached hydrogen (secondary N) is 1. The lowest BCUT2D eigenvalue weighted by Gasteiger charge is -2.44. The van der Waals surface area contributed by atoms with E-state index >= 15 is 0 Å². The second-order valence-electron chi connectivity index (χ2n) is 12.0. The first-order chi connectivity index (χ1) is 21.3. The summed E-state index contributed by atoms with van der Waals surface area (Å²) in [5.41, 5.74) is 0.0818. The highest BCUT2D eigenvalue weighted by Gasteiger charge is 2.51. The topological polar surface area (TPSA) is 64.9 Å². The minimum Gasteiger partial charge on any atom is -0.404 e. The van der Waals surface area contributed by atoms with Gasteiger partial charge in [0.1, 0.15) is 11.6 Å². The van der Waals surface area contributed by atoms with Gasteiger partial charge in [-0.05, 0) is 59.6 Å². The van der Waals surface area contributed by atoms with E-state index in [2.05, 4.69) is 65.4 Å². The van der Waals surface area contributed by atoms with Crippen LogP contribution in [-0.4, -0.2) is 34.2 Å². The van der Waals surface area contributed by atoms with Crippen LogP contribution in [0.25, 0.3) is 5.69 Å². The van der Waals surface area contributed by atoms with Crippen LogP contribution < -0.4 is 15.7 Å². The molecule has 1 unspecified atom stereocenters. The number of aromatic nitrogens is 4. The van der Waals surface area contributed by atoms with Gasteiger partial charge in [-0.15, -0.1) is 5.10 Å². The monoisotopic (exact) mass is 633 g/mol. The number of pyridine rings is 1. The fourth-order valence-corrected chi connectivity index (χ4v) is 10.3. The molecule has 11 heteroatoms. The molecular formula is C34H35F4N5OSi. The molecule has 6 nitrogen and oxygen atoms in total. The third-order valence-corrected chi connectivity index (χ3v) is 12.8. The van der Waals surface area contributed by atoms with Crippen molar-refractivity contribution in [3.63, 3.8) is 0 Å². The molecule has 1 N–H and O–H groups in total. The van der Waals surface area contributed by atoms with Crippen molar-refractivity contribution in [2.24, 2.45) is 0 Å². The highest BCUT2D eigenvalue weighted by atomic mass is 28.4. The molecule has 0 amide bonds. The fourth-order valence-electron chi connectivity index (χ4n) is 5.64. The maximum absolute atomic E-state index is 13.9. The molecule has 0 aliphatic carbocycles. The van der Waals surface area contributed by atoms with Gasteiger partial charge in [-0.1, -0.05) is 81.4 Å². The van der Waals surface area contributed by atoms with E-state index in [4.69, 9.17) is 4.43 Å². The molecule has 0 bridgehead atoms. The van der Waals surface area contributed by atoms with Crippen LogP contribution in [0.3, 0.4) is 0 Å². The largest absolute Gasteiger partial charge is 0.419 e. The average Bonchev–Trinajstić information content (AvgIpc) is 3.38. The molecule has 1 atom stereocenters. The Hall–Kier alpha value is -4.35. The van der Waals surface area contributed by atoms with E-state index in [0.717, 1.165) is 22.1 Å². The molecule has 0 spiro atoms. The molecule has 0 aliphatic rings. The normalized spacial score (nSPS) is 13.1. The van der Waals surface area contributed by atoms with Crippen molar-refractivity contribution >= 4 is 30.3 Å². The quantitative estimate of drug-likeness (QED) is 0.136. The van der Waals surface area contributed by atoms with E-state index in [1.807, 2.05) is 56.3 Å². The van der Waals surface area contributed by atoms with E-state index in [1.165, 1.54) is 6.07 Å². The lowest BCUT2D eigenvalue weighted by atomic mass is 10.2. The Balaban J connectivity index is 1.54. The lowest BCUT2D eigenvalue weighted by Crippen LogP contribution is -2.67. The maximum atomic E-state index is 13.9. The number of hydrogen-bond donors (Lipinski definition) is 1. The fraction of sp³-hybridized carbons (Fsp3) is 0.265. The van der Waals surface area contributed by atoms with E-state index < -0.39 is 25.9 Å². The zero-order valence-corrected chi connectivity index (χ0v) is 26.7. The highest BCUT2D eigenvalue weighted by Crippen LogP contribution is 2.38. The highest BCUT2D eigenvalue weighted by molar-refractivity contribution is 6.99. The SMILES string of the molecule is Cc1cc(-n2nc(Nc3ccc(F)c(C(F)(F)F)c3)nc2CC(C)O[Si](c2ccccc2)(c2ccccc2)C(C)(C)C)ccn1. The van der Waals surface area contributed by atoms with Gasteiger partial charge in [0.25, 0.3) is 8.32 Å². The maximum Gasteiger partial charge on any atom is 0.419 e. The average molecular weight is 634 g/mol. The van der Waals surface area contributed by atoms with Gasteiger partial charge in [0.15, 0.2) is 0 Å². The van der Waals surface area contributed by atoms with E-state index in [1.54, 1.807) is 16.9 Å². The molecule has 5 rings (SSSR count). The Morgan fingerprint density at radius 3 is 2.07 bits per heavy atom. The summed E-state index contributed by atoms with van der Waals surface area (Å²) in [5.74, 6) is -0.752. The number of halogens is 4. The van der Waals surface area contributed by atoms with Crippen LogP contribution in [0.1, 0.15) is 44.8 Å². The number of aryl methyl sites for hydroxylation is 1. The molecule has 2 aromatic heterocycles. The third-order valence-electron chi connectivity index (χ3n) is 7.59. The Kier molecular flexibility index (Phi) is 8.95. The molecule has 2 heterocycles. The van der Waals surface area contributed by atoms with Crippen LogP contribution in [0.2, 0.25) is 5.04 Å². The molecule has 0 radical (unpaired) electrons. The van der Waals surface area contributed by atoms with E-state index in [-0.39, 0.29) is 22.8 Å². The summed E-state index contributed by atoms with van der Waals surface area (Å²) in [5, 5.41) is 9.46. The molecule has 0 saturated heterocycles. The van der Waals surface area contributed by atoms with E-state index in [9.17, 15) is 17.6 Å². The first kappa shape index (κ1) is 32.1. The second kappa shape index (κ2) is 12.6. The Morgan fingerprint density at radius 2 is 1.51 bits per heavy atom. The summed E-state index contributed by atoms with van der Waals surface area (Å²) in [6.07, 6.45) is -3.18. The van der Waals surface area contributed by atoms with Crippen molar-refractivity contribution in [1.82, 2.24) is 19.7 Å². The number of hydrogen-bond acceptors (Lipinski definition) is 5. The van der Waals surface area contributed by atoms with Gasteiger partial charge in [0.2, 0.25) is 5.95 Å². The van der Waals surface area contributed by atoms with Crippen molar-refractivity contribution in [2.75, 3.05) is 5.32 Å². The van der Waals surface area contributed by atoms with Gasteiger partial charge < -0.3 is 9.74 Å². The van der Waals surface area contributed by atoms with Gasteiger partial charge >= 0.3 is 6.18 Å². The number of alkyl halides is 3. The van der Waals surface area contributed by atoms with E-state index in [0.29, 0.717) is 24.0 Å². The van der Waals surface area contributed by atoms with Gasteiger partial charge in [-0.3, -0.25) is 4.98 Å². The van der Waals surface area contributed by atoms with Gasteiger partial charge in [0.05, 0.1) is 17.4 Å². The van der Waals surface area contributed by atoms with Crippen molar-refractivity contribution in [3.8, 4) is 5.69 Å². The van der Waals surface area contributed by atoms with Gasteiger partial charge in [0, 0.05) is 24.0 Å². The van der Waals surface area contributed by atoms with Crippen molar-refractivity contribution in [3.05, 3.63) is 120 Å². The summed E-state index contributed by atoms with van der Waals surface area (Å²) in [6.45, 7) is 10.5. The van der Waals surface area contributed by atoms with Crippen LogP contribution in [0.4, 0.5) is 29.2 Å². The Labute approximate surface area is 261 Å². The van der Waals surface area contributed by atoms with Crippen LogP contribution in [0.15, 0.2) is 97.2 Å². The summed E-state index contributed by atoms with van der Waals surface area (Å²) in [6, 6.07) is 26.9. The van der Waals surface area contributed by atoms with Crippen LogP contribution in [0.5, 0.6) is 0 Å². The number of nitrogens with zero attached hydrogens (tertiary/aromatic N) is 4. The smallest absolute Gasteiger partial charge is 0.404 e. The first-order valence-corrected chi connectivity index (χ1v) is 16.5. The van der Waals surface area contributed by atoms with Crippen LogP contribution >= 0.6 is 0 Å². The van der Waals surface area contributed by atoms with Gasteiger partial charge in [-0.2, -0.15) is 18.2 Å². The zero-order valence-electron chi connectivity index (χ0n) is 25.7. The molecule has 0 aliphatic heterocycles.